The van der Waals surface area contributed by atoms with Crippen LogP contribution in [0.4, 0.5) is 0 Å². The summed E-state index contributed by atoms with van der Waals surface area (Å²) in [5, 5.41) is 0. The van der Waals surface area contributed by atoms with Crippen molar-refractivity contribution in [2.75, 3.05) is 12.8 Å². The van der Waals surface area contributed by atoms with Crippen LogP contribution in [-0.2, 0) is 4.74 Å². The summed E-state index contributed by atoms with van der Waals surface area (Å²) in [6.45, 7) is 10.0. The molecule has 0 spiro atoms. The Kier molecular flexibility index (Phi) is 14.3. The highest BCUT2D eigenvalue weighted by atomic mass is 28.3. The maximum absolute atomic E-state index is 5.95. The van der Waals surface area contributed by atoms with Gasteiger partial charge in [0.25, 0.3) is 0 Å². The molecule has 2 heteroatoms. The molecule has 0 aromatic carbocycles. The summed E-state index contributed by atoms with van der Waals surface area (Å²) >= 11 is 0. The van der Waals surface area contributed by atoms with Crippen LogP contribution >= 0.6 is 0 Å². The summed E-state index contributed by atoms with van der Waals surface area (Å²) in [4.78, 5) is 0. The van der Waals surface area contributed by atoms with Gasteiger partial charge in [-0.1, -0.05) is 96.7 Å². The van der Waals surface area contributed by atoms with Crippen LogP contribution in [0.1, 0.15) is 85.5 Å². The second-order valence-electron chi connectivity index (χ2n) is 6.51. The Bertz CT molecular complexity index is 167. The van der Waals surface area contributed by atoms with Gasteiger partial charge in [0.15, 0.2) is 0 Å². The van der Waals surface area contributed by atoms with Crippen LogP contribution in [0.25, 0.3) is 0 Å². The second kappa shape index (κ2) is 14.1. The molecule has 1 nitrogen and oxygen atoms in total. The van der Waals surface area contributed by atoms with Crippen LogP contribution in [0.2, 0.25) is 18.1 Å². The minimum absolute atomic E-state index is 0.907. The van der Waals surface area contributed by atoms with E-state index in [1.165, 1.54) is 75.9 Å². The Balaban J connectivity index is 4.48. The first-order valence-electron chi connectivity index (χ1n) is 9.32. The van der Waals surface area contributed by atoms with Crippen molar-refractivity contribution in [3.8, 4) is 0 Å². The first-order chi connectivity index (χ1) is 9.74. The topological polar surface area (TPSA) is 9.23 Å². The van der Waals surface area contributed by atoms with E-state index in [1.54, 1.807) is 0 Å². The molecule has 0 saturated carbocycles. The van der Waals surface area contributed by atoms with Crippen LogP contribution in [0.5, 0.6) is 0 Å². The summed E-state index contributed by atoms with van der Waals surface area (Å²) in [6.07, 6.45) is 13.8. The van der Waals surface area contributed by atoms with Gasteiger partial charge in [-0.05, 0) is 6.92 Å². The molecule has 0 bridgehead atoms. The zero-order valence-corrected chi connectivity index (χ0v) is 15.8. The summed E-state index contributed by atoms with van der Waals surface area (Å²) < 4.78 is 5.95. The Morgan fingerprint density at radius 3 is 1.30 bits per heavy atom. The lowest BCUT2D eigenvalue weighted by molar-refractivity contribution is 0.186. The molecule has 20 heavy (non-hydrogen) atoms. The van der Waals surface area contributed by atoms with Gasteiger partial charge in [-0.2, -0.15) is 0 Å². The maximum Gasteiger partial charge on any atom is 0.0837 e. The molecule has 0 atom stereocenters. The van der Waals surface area contributed by atoms with E-state index in [0.29, 0.717) is 0 Å². The Labute approximate surface area is 129 Å². The molecule has 0 fully saturated rings. The largest absolute Gasteiger partial charge is 0.385 e. The maximum atomic E-state index is 5.95. The van der Waals surface area contributed by atoms with Gasteiger partial charge in [0.1, 0.15) is 0 Å². The molecule has 0 aliphatic rings. The molecule has 0 aliphatic heterocycles. The Morgan fingerprint density at radius 2 is 1.00 bits per heavy atom. The highest BCUT2D eigenvalue weighted by Gasteiger charge is 2.31. The van der Waals surface area contributed by atoms with E-state index in [1.807, 2.05) is 0 Å². The van der Waals surface area contributed by atoms with Crippen LogP contribution in [0.3, 0.4) is 0 Å². The molecular formula is C18H40OSi. The fraction of sp³-hybridized carbons (Fsp3) is 1.00. The number of unbranched alkanes of at least 4 members (excludes halogenated alkanes) is 6. The average Bonchev–Trinajstić information content (AvgIpc) is 2.46. The Hall–Kier alpha value is 0.177. The minimum atomic E-state index is -1.15. The standard InChI is InChI=1S/C18H40OSi/c1-5-9-12-15-20(18-19-8-4,16-13-10-6-2)17-14-11-7-3/h5-18H2,1-4H3. The lowest BCUT2D eigenvalue weighted by Gasteiger charge is -2.32. The summed E-state index contributed by atoms with van der Waals surface area (Å²) in [7, 11) is -1.15. The molecule has 0 aliphatic carbocycles. The number of hydrogen-bond donors (Lipinski definition) is 0. The van der Waals surface area contributed by atoms with Crippen LogP contribution < -0.4 is 0 Å². The first-order valence-corrected chi connectivity index (χ1v) is 12.1. The van der Waals surface area contributed by atoms with Crippen molar-refractivity contribution in [1.29, 1.82) is 0 Å². The van der Waals surface area contributed by atoms with Gasteiger partial charge in [-0.15, -0.1) is 0 Å². The average molecular weight is 301 g/mol. The normalized spacial score (nSPS) is 12.0. The van der Waals surface area contributed by atoms with Crippen molar-refractivity contribution in [1.82, 2.24) is 0 Å². The number of hydrogen-bond acceptors (Lipinski definition) is 1. The summed E-state index contributed by atoms with van der Waals surface area (Å²) in [6, 6.07) is 4.57. The molecule has 0 saturated heterocycles. The molecule has 0 aromatic heterocycles. The third-order valence-electron chi connectivity index (χ3n) is 4.54. The van der Waals surface area contributed by atoms with Gasteiger partial charge in [-0.25, -0.2) is 0 Å². The van der Waals surface area contributed by atoms with Crippen molar-refractivity contribution < 1.29 is 4.74 Å². The van der Waals surface area contributed by atoms with Crippen molar-refractivity contribution in [3.63, 3.8) is 0 Å². The fourth-order valence-electron chi connectivity index (χ4n) is 3.16. The van der Waals surface area contributed by atoms with E-state index in [4.69, 9.17) is 4.74 Å². The molecule has 0 radical (unpaired) electrons. The van der Waals surface area contributed by atoms with Crippen LogP contribution in [0.15, 0.2) is 0 Å². The zero-order chi connectivity index (χ0) is 15.1. The summed E-state index contributed by atoms with van der Waals surface area (Å²) in [5.41, 5.74) is 0. The Morgan fingerprint density at radius 1 is 0.600 bits per heavy atom. The van der Waals surface area contributed by atoms with Crippen molar-refractivity contribution >= 4 is 8.07 Å². The first kappa shape index (κ1) is 20.2. The molecule has 0 aromatic rings. The van der Waals surface area contributed by atoms with Gasteiger partial charge in [-0.3, -0.25) is 0 Å². The third kappa shape index (κ3) is 9.98. The van der Waals surface area contributed by atoms with E-state index in [-0.39, 0.29) is 0 Å². The van der Waals surface area contributed by atoms with Gasteiger partial charge in [0.2, 0.25) is 0 Å². The third-order valence-corrected chi connectivity index (χ3v) is 9.60. The van der Waals surface area contributed by atoms with Gasteiger partial charge >= 0.3 is 0 Å². The van der Waals surface area contributed by atoms with E-state index < -0.39 is 8.07 Å². The molecular weight excluding hydrogens is 260 g/mol. The van der Waals surface area contributed by atoms with Crippen molar-refractivity contribution in [2.45, 2.75) is 104 Å². The zero-order valence-electron chi connectivity index (χ0n) is 14.8. The van der Waals surface area contributed by atoms with Gasteiger partial charge < -0.3 is 4.74 Å². The highest BCUT2D eigenvalue weighted by molar-refractivity contribution is 6.79. The minimum Gasteiger partial charge on any atom is -0.385 e. The number of rotatable bonds is 15. The molecule has 0 rings (SSSR count). The SMILES string of the molecule is CCCCC[Si](CCCCC)(CCCCC)COCC. The van der Waals surface area contributed by atoms with Crippen LogP contribution in [0, 0.1) is 0 Å². The van der Waals surface area contributed by atoms with E-state index in [2.05, 4.69) is 27.7 Å². The number of ether oxygens (including phenoxy) is 1. The lowest BCUT2D eigenvalue weighted by atomic mass is 10.3. The van der Waals surface area contributed by atoms with E-state index in [9.17, 15) is 0 Å². The van der Waals surface area contributed by atoms with Crippen LogP contribution in [-0.4, -0.2) is 20.9 Å². The predicted molar refractivity (Wildman–Crippen MR) is 95.2 cm³/mol. The smallest absolute Gasteiger partial charge is 0.0837 e. The predicted octanol–water partition coefficient (Wildman–Crippen LogP) is 6.58. The van der Waals surface area contributed by atoms with E-state index >= 15 is 0 Å². The van der Waals surface area contributed by atoms with Crippen molar-refractivity contribution in [3.05, 3.63) is 0 Å². The van der Waals surface area contributed by atoms with Gasteiger partial charge in [0.05, 0.1) is 8.07 Å². The second-order valence-corrected chi connectivity index (χ2v) is 11.3. The molecule has 0 heterocycles. The monoisotopic (exact) mass is 300 g/mol. The van der Waals surface area contributed by atoms with Gasteiger partial charge in [0, 0.05) is 12.8 Å². The highest BCUT2D eigenvalue weighted by Crippen LogP contribution is 2.29. The molecule has 122 valence electrons. The van der Waals surface area contributed by atoms with Crippen molar-refractivity contribution in [2.24, 2.45) is 0 Å². The molecule has 0 N–H and O–H groups in total. The molecule has 0 unspecified atom stereocenters. The fourth-order valence-corrected chi connectivity index (χ4v) is 7.98. The van der Waals surface area contributed by atoms with E-state index in [0.717, 1.165) is 12.8 Å². The quantitative estimate of drug-likeness (QED) is 0.245. The molecule has 0 amide bonds. The lowest BCUT2D eigenvalue weighted by Crippen LogP contribution is -2.40. The summed E-state index contributed by atoms with van der Waals surface area (Å²) in [5.74, 6) is 0.